The summed E-state index contributed by atoms with van der Waals surface area (Å²) in [7, 11) is 3.59. The fraction of sp³-hybridized carbons (Fsp3) is 0.325. The third-order valence-corrected chi connectivity index (χ3v) is 27.6. The standard InChI is InChI=1S/C26H29NO3.C20H22N2O3.C19H25N3O3.C18H24N4O3.C16H15F2N3O3.C15H17N3O3/c28-24(26-14-17-10-18(15-26)12-19(11-17)16-26)13-23(20-4-2-1-3-5-20)21-6-8-22(9-7-21)25(29)27-30;1-13-3-9-17(10-4-13)20(11-12-20)19(24)21-14(2)15-5-7-16(8-6-15)18(23)22-25;1-11-10-12(2)20-15(11)18(24)21-16(19(3,4)5)13-6-8-14(9-7-13)17(23)22-25;1-11-10-14(20-22(11)5)17(24)19-15(18(2,3)4)12-6-8-13(9-7-12)16(23)21-25;1-9(10-5-7-11(8-6-10)15(22)21-24)19-16(23)20-14-12(17)3-2-4-13(14)18;1-10(16-15(20)13-7-4-8-18(13)2)11-5-3-6-12(9-11)14(19)17-21/h1-9,17-19,23,30H,10-16H2,(H,27,29);3-10,14,25H,11-12H2,1-2H3,(H,21,24)(H,22,23);6-10,16,20,25H,1-5H3,(H,21,24)(H,22,23);6-10,15,25H,1-5H3,(H,19,24)(H,21,23);2-9,24H,1H3,(H,21,22)(H2,19,20,23);3-10,21H,1-2H3,(H,16,20)(H,17,19)/t17?,18?,19?,23-,26?;;;;;/m0...../s1. The number of nitrogens with one attached hydrogen (secondary N) is 13. The maximum atomic E-state index is 13.8. The number of aryl methyl sites for hydroxylation is 6. The molecule has 0 saturated heterocycles. The van der Waals surface area contributed by atoms with Crippen molar-refractivity contribution in [2.45, 2.75) is 189 Å². The Labute approximate surface area is 869 Å². The lowest BCUT2D eigenvalue weighted by molar-refractivity contribution is -0.144. The third kappa shape index (κ3) is 29.7. The molecule has 0 radical (unpaired) electrons. The van der Waals surface area contributed by atoms with E-state index < -0.39 is 70.3 Å². The SMILES string of the molecule is CC(NC(=O)Nc1c(F)cccc1F)c1ccc(C(=O)NO)cc1.CC(NC(=O)c1cccn1C)c1cccc(C(=O)NO)c1.Cc1cc(C(=O)NC(c2ccc(C(=O)NO)cc2)C(C)(C)C)nn1C.Cc1cc(C)c(C(=O)NC(c2ccc(C(=O)NO)cc2)C(C)(C)C)[nH]1.Cc1ccc(C2(C(=O)NC(C)c3ccc(C(=O)NO)cc3)CC2)cc1.O=C(NO)c1ccc([C@@H](CC(=O)C23CC4CC(CC(C4)C2)C3)c2ccccc2)cc1. The van der Waals surface area contributed by atoms with Crippen LogP contribution in [-0.4, -0.2) is 121 Å². The van der Waals surface area contributed by atoms with Gasteiger partial charge in [0, 0.05) is 82.8 Å². The quantitative estimate of drug-likeness (QED) is 0.0168. The zero-order valence-electron chi connectivity index (χ0n) is 86.4. The summed E-state index contributed by atoms with van der Waals surface area (Å²) < 4.78 is 30.4. The van der Waals surface area contributed by atoms with Crippen molar-refractivity contribution in [3.8, 4) is 0 Å². The maximum absolute atomic E-state index is 13.8. The number of hydrogen-bond donors (Lipinski definition) is 19. The number of urea groups is 1. The van der Waals surface area contributed by atoms with Gasteiger partial charge in [-0.2, -0.15) is 5.10 Å². The molecule has 5 unspecified atom stereocenters. The van der Waals surface area contributed by atoms with Crippen LogP contribution < -0.4 is 64.8 Å². The number of carbonyl (C=O) groups is 12. The van der Waals surface area contributed by atoms with Crippen molar-refractivity contribution >= 4 is 76.6 Å². The highest BCUT2D eigenvalue weighted by atomic mass is 19.1. The summed E-state index contributed by atoms with van der Waals surface area (Å²) in [6.07, 6.45) is 11.3. The number of ketones is 1. The molecular weight excluding hydrogens is 1920 g/mol. The second-order valence-corrected chi connectivity index (χ2v) is 40.8. The molecule has 12 aromatic rings. The summed E-state index contributed by atoms with van der Waals surface area (Å²) in [6.45, 7) is 25.3. The van der Waals surface area contributed by atoms with E-state index in [-0.39, 0.29) is 75.5 Å². The van der Waals surface area contributed by atoms with Crippen LogP contribution in [0.3, 0.4) is 0 Å². The van der Waals surface area contributed by atoms with Gasteiger partial charge >= 0.3 is 6.03 Å². The summed E-state index contributed by atoms with van der Waals surface area (Å²) in [5.74, 6) is -3.09. The number of carbonyl (C=O) groups excluding carboxylic acids is 12. The zero-order valence-corrected chi connectivity index (χ0v) is 86.4. The van der Waals surface area contributed by atoms with Crippen LogP contribution in [-0.2, 0) is 29.1 Å². The van der Waals surface area contributed by atoms with E-state index in [1.807, 2.05) is 150 Å². The summed E-state index contributed by atoms with van der Waals surface area (Å²) >= 11 is 0. The van der Waals surface area contributed by atoms with Crippen LogP contribution >= 0.6 is 0 Å². The van der Waals surface area contributed by atoms with E-state index in [1.165, 1.54) is 48.5 Å². The number of nitrogens with zero attached hydrogens (tertiary/aromatic N) is 3. The van der Waals surface area contributed by atoms with Crippen LogP contribution in [0, 0.1) is 73.3 Å². The molecule has 790 valence electrons. The number of amides is 12. The molecule has 6 atom stereocenters. The molecule has 0 aliphatic heterocycles. The van der Waals surface area contributed by atoms with Crippen LogP contribution in [0.5, 0.6) is 0 Å². The molecule has 150 heavy (non-hydrogen) atoms. The number of aromatic amines is 1. The Balaban J connectivity index is 0.000000171. The lowest BCUT2D eigenvalue weighted by Gasteiger charge is -2.56. The van der Waals surface area contributed by atoms with E-state index in [0.717, 1.165) is 118 Å². The average Bonchev–Trinajstić information content (AvgIpc) is 1.23. The van der Waals surface area contributed by atoms with Gasteiger partial charge in [-0.1, -0.05) is 181 Å². The van der Waals surface area contributed by atoms with Crippen LogP contribution in [0.15, 0.2) is 249 Å². The lowest BCUT2D eigenvalue weighted by atomic mass is 9.48. The van der Waals surface area contributed by atoms with Crippen molar-refractivity contribution in [3.63, 3.8) is 0 Å². The second-order valence-electron chi connectivity index (χ2n) is 40.8. The number of anilines is 1. The van der Waals surface area contributed by atoms with E-state index in [0.29, 0.717) is 62.7 Å². The molecule has 0 spiro atoms. The topological polar surface area (TPSA) is 509 Å². The van der Waals surface area contributed by atoms with Gasteiger partial charge in [-0.25, -0.2) is 46.5 Å². The van der Waals surface area contributed by atoms with Gasteiger partial charge in [-0.15, -0.1) is 0 Å². The Bertz CT molecular complexity index is 6680. The van der Waals surface area contributed by atoms with Crippen molar-refractivity contribution in [1.82, 2.24) is 78.8 Å². The maximum Gasteiger partial charge on any atom is 0.319 e. The first-order chi connectivity index (χ1) is 71.2. The number of H-pyrrole nitrogens is 1. The van der Waals surface area contributed by atoms with E-state index in [9.17, 15) is 66.3 Å². The van der Waals surface area contributed by atoms with Gasteiger partial charge in [-0.05, 0) is 288 Å². The molecule has 36 heteroatoms. The Morgan fingerprint density at radius 3 is 1.21 bits per heavy atom. The molecule has 34 nitrogen and oxygen atoms in total. The number of hydrogen-bond acceptors (Lipinski definition) is 19. The lowest BCUT2D eigenvalue weighted by Crippen LogP contribution is -2.50. The summed E-state index contributed by atoms with van der Waals surface area (Å²) in [4.78, 5) is 148. The van der Waals surface area contributed by atoms with Gasteiger partial charge in [0.1, 0.15) is 40.2 Å². The number of halogens is 2. The van der Waals surface area contributed by atoms with Gasteiger partial charge in [0.15, 0.2) is 0 Å². The molecule has 5 saturated carbocycles. The van der Waals surface area contributed by atoms with Crippen molar-refractivity contribution in [2.75, 3.05) is 5.32 Å². The molecule has 12 amide bonds. The number of rotatable bonds is 27. The molecule has 5 aliphatic rings. The van der Waals surface area contributed by atoms with Crippen LogP contribution in [0.4, 0.5) is 19.3 Å². The summed E-state index contributed by atoms with van der Waals surface area (Å²) in [5.41, 5.74) is 22.8. The van der Waals surface area contributed by atoms with E-state index in [2.05, 4.69) is 54.1 Å². The fourth-order valence-corrected chi connectivity index (χ4v) is 19.5. The van der Waals surface area contributed by atoms with Crippen LogP contribution in [0.1, 0.15) is 317 Å². The zero-order chi connectivity index (χ0) is 109. The van der Waals surface area contributed by atoms with Gasteiger partial charge in [0.05, 0.1) is 35.6 Å². The third-order valence-electron chi connectivity index (χ3n) is 27.6. The number of Topliss-reactive ketones (excluding diaryl/α,β-unsaturated/α-hetero) is 1. The molecule has 19 N–H and O–H groups in total. The van der Waals surface area contributed by atoms with Crippen LogP contribution in [0.25, 0.3) is 0 Å². The molecule has 3 aromatic heterocycles. The Hall–Kier alpha value is -16.0. The molecule has 5 aliphatic carbocycles. The monoisotopic (exact) mass is 2050 g/mol. The second kappa shape index (κ2) is 51.1. The Morgan fingerprint density at radius 2 is 0.813 bits per heavy atom. The minimum Gasteiger partial charge on any atom is -0.354 e. The molecule has 4 bridgehead atoms. The molecule has 9 aromatic carbocycles. The first kappa shape index (κ1) is 114. The number of hydroxylamine groups is 6. The van der Waals surface area contributed by atoms with Gasteiger partial charge < -0.3 is 41.5 Å². The van der Waals surface area contributed by atoms with Crippen molar-refractivity contribution in [3.05, 3.63) is 378 Å². The summed E-state index contributed by atoms with van der Waals surface area (Å²) in [6, 6.07) is 67.1. The highest BCUT2D eigenvalue weighted by molar-refractivity contribution is 5.99. The largest absolute Gasteiger partial charge is 0.354 e. The smallest absolute Gasteiger partial charge is 0.319 e. The normalized spacial score (nSPS) is 16.4. The first-order valence-electron chi connectivity index (χ1n) is 49.2. The van der Waals surface area contributed by atoms with E-state index >= 15 is 0 Å². The average molecular weight is 2050 g/mol. The van der Waals surface area contributed by atoms with Crippen molar-refractivity contribution < 1.29 is 97.6 Å². The Kier molecular flexibility index (Phi) is 38.9. The van der Waals surface area contributed by atoms with Gasteiger partial charge in [-0.3, -0.25) is 88.7 Å². The predicted molar refractivity (Wildman–Crippen MR) is 557 cm³/mol. The van der Waals surface area contributed by atoms with E-state index in [1.54, 1.807) is 197 Å². The predicted octanol–water partition coefficient (Wildman–Crippen LogP) is 18.4. The van der Waals surface area contributed by atoms with Gasteiger partial charge in [0.25, 0.3) is 53.2 Å². The number of para-hydroxylation sites is 1. The number of aromatic nitrogens is 4. The highest BCUT2D eigenvalue weighted by Gasteiger charge is 2.55. The van der Waals surface area contributed by atoms with E-state index in [4.69, 9.17) is 31.2 Å². The molecule has 5 fully saturated rings. The summed E-state index contributed by atoms with van der Waals surface area (Å²) in [5, 5.41) is 73.1. The molecule has 3 heterocycles. The molecular formula is C114H132F2N16O18. The first-order valence-corrected chi connectivity index (χ1v) is 49.2. The highest BCUT2D eigenvalue weighted by Crippen LogP contribution is 2.61. The number of benzene rings is 9. The fourth-order valence-electron chi connectivity index (χ4n) is 19.5. The van der Waals surface area contributed by atoms with Crippen molar-refractivity contribution in [2.24, 2.45) is 48.1 Å². The Morgan fingerprint density at radius 1 is 0.413 bits per heavy atom. The minimum absolute atomic E-state index is 0.0158. The minimum atomic E-state index is -0.878. The van der Waals surface area contributed by atoms with Gasteiger partial charge in [0.2, 0.25) is 5.91 Å². The van der Waals surface area contributed by atoms with Crippen LogP contribution in [0.2, 0.25) is 0 Å². The molecule has 17 rings (SSSR count). The van der Waals surface area contributed by atoms with Crippen molar-refractivity contribution in [1.29, 1.82) is 0 Å².